The second kappa shape index (κ2) is 14.8. The highest BCUT2D eigenvalue weighted by Gasteiger charge is 2.20. The molecule has 0 spiro atoms. The molecule has 0 N–H and O–H groups in total. The van der Waals surface area contributed by atoms with Crippen molar-refractivity contribution in [1.29, 1.82) is 0 Å². The molecule has 0 unspecified atom stereocenters. The Labute approximate surface area is 164 Å². The molecule has 2 rings (SSSR count). The first-order valence-corrected chi connectivity index (χ1v) is 8.55. The number of hydrogen-bond donors (Lipinski definition) is 0. The summed E-state index contributed by atoms with van der Waals surface area (Å²) >= 11 is 0. The Morgan fingerprint density at radius 2 is 1.08 bits per heavy atom. The van der Waals surface area contributed by atoms with Crippen molar-refractivity contribution in [1.82, 2.24) is 9.13 Å². The molecule has 2 aromatic rings. The lowest BCUT2D eigenvalue weighted by atomic mass is 10.3. The van der Waals surface area contributed by atoms with Gasteiger partial charge < -0.3 is 34.2 Å². The maximum Gasteiger partial charge on any atom is 0.673 e. The van der Waals surface area contributed by atoms with Crippen LogP contribution in [-0.2, 0) is 27.2 Å². The van der Waals surface area contributed by atoms with Crippen molar-refractivity contribution in [3.63, 3.8) is 0 Å². The monoisotopic (exact) mass is 444 g/mol. The van der Waals surface area contributed by atoms with Gasteiger partial charge in [0.05, 0.1) is 27.2 Å². The standard InChI is InChI=1S/2C8H15N2.BF4.BrH/c2*1-3-4-5-10-7-6-9(2)8-10;2-1(3,4)5;/h2*6-8H,3-5H2,1-2H3;;1H/q2*+1;-1;/p-1. The van der Waals surface area contributed by atoms with Crippen molar-refractivity contribution in [3.05, 3.63) is 37.4 Å². The predicted molar refractivity (Wildman–Crippen MR) is 91.2 cm³/mol. The first kappa shape index (κ1) is 26.9. The van der Waals surface area contributed by atoms with E-state index in [0.717, 1.165) is 13.1 Å². The minimum Gasteiger partial charge on any atom is -1.00 e. The van der Waals surface area contributed by atoms with Crippen molar-refractivity contribution in [2.75, 3.05) is 0 Å². The third-order valence-corrected chi connectivity index (χ3v) is 3.19. The number of aromatic nitrogens is 4. The average molecular weight is 445 g/mol. The fourth-order valence-electron chi connectivity index (χ4n) is 1.95. The van der Waals surface area contributed by atoms with Gasteiger partial charge in [0, 0.05) is 0 Å². The van der Waals surface area contributed by atoms with Crippen molar-refractivity contribution in [3.8, 4) is 0 Å². The lowest BCUT2D eigenvalue weighted by Gasteiger charge is -1.94. The Morgan fingerprint density at radius 3 is 1.27 bits per heavy atom. The van der Waals surface area contributed by atoms with Crippen LogP contribution in [0.4, 0.5) is 17.3 Å². The highest BCUT2D eigenvalue weighted by Crippen LogP contribution is 2.06. The van der Waals surface area contributed by atoms with Crippen molar-refractivity contribution in [2.24, 2.45) is 14.1 Å². The van der Waals surface area contributed by atoms with Crippen LogP contribution in [0.25, 0.3) is 0 Å². The maximum absolute atomic E-state index is 9.75. The fourth-order valence-corrected chi connectivity index (χ4v) is 1.95. The van der Waals surface area contributed by atoms with Gasteiger partial charge in [-0.15, -0.1) is 0 Å². The van der Waals surface area contributed by atoms with E-state index < -0.39 is 7.25 Å². The molecule has 0 aliphatic heterocycles. The van der Waals surface area contributed by atoms with Gasteiger partial charge in [0.25, 0.3) is 0 Å². The van der Waals surface area contributed by atoms with Gasteiger partial charge in [-0.25, -0.2) is 18.3 Å². The van der Waals surface area contributed by atoms with Gasteiger partial charge in [0.15, 0.2) is 0 Å². The van der Waals surface area contributed by atoms with Crippen LogP contribution in [0, 0.1) is 0 Å². The summed E-state index contributed by atoms with van der Waals surface area (Å²) < 4.78 is 47.6. The van der Waals surface area contributed by atoms with E-state index in [0.29, 0.717) is 0 Å². The number of hydrogen-bond acceptors (Lipinski definition) is 0. The molecule has 2 heterocycles. The molecule has 0 radical (unpaired) electrons. The van der Waals surface area contributed by atoms with Crippen LogP contribution >= 0.6 is 0 Å². The van der Waals surface area contributed by atoms with Gasteiger partial charge in [0.1, 0.15) is 24.8 Å². The number of imidazole rings is 2. The molecule has 0 saturated carbocycles. The van der Waals surface area contributed by atoms with Crippen LogP contribution in [0.5, 0.6) is 0 Å². The molecule has 4 nitrogen and oxygen atoms in total. The molecule has 0 aromatic carbocycles. The van der Waals surface area contributed by atoms with Gasteiger partial charge in [-0.05, 0) is 12.8 Å². The minimum atomic E-state index is -6.00. The Morgan fingerprint density at radius 1 is 0.769 bits per heavy atom. The zero-order valence-electron chi connectivity index (χ0n) is 16.0. The molecule has 0 atom stereocenters. The second-order valence-electron chi connectivity index (χ2n) is 5.84. The lowest BCUT2D eigenvalue weighted by Crippen LogP contribution is -3.00. The summed E-state index contributed by atoms with van der Waals surface area (Å²) in [5, 5.41) is 0. The number of nitrogens with zero attached hydrogens (tertiary/aromatic N) is 4. The van der Waals surface area contributed by atoms with Crippen LogP contribution in [-0.4, -0.2) is 16.4 Å². The summed E-state index contributed by atoms with van der Waals surface area (Å²) in [6.07, 6.45) is 17.6. The van der Waals surface area contributed by atoms with Gasteiger partial charge in [0.2, 0.25) is 12.7 Å². The van der Waals surface area contributed by atoms with Crippen LogP contribution in [0.1, 0.15) is 39.5 Å². The fraction of sp³-hybridized carbons (Fsp3) is 0.625. The smallest absolute Gasteiger partial charge is 0.673 e. The SMILES string of the molecule is CCCCn1cc[n+](C)c1.CCCCn1cc[n+](C)c1.F[B-](F)(F)F.[Br-]. The third-order valence-electron chi connectivity index (χ3n) is 3.19. The minimum absolute atomic E-state index is 0. The lowest BCUT2D eigenvalue weighted by molar-refractivity contribution is -0.671. The van der Waals surface area contributed by atoms with Crippen molar-refractivity contribution >= 4 is 7.25 Å². The second-order valence-corrected chi connectivity index (χ2v) is 5.84. The summed E-state index contributed by atoms with van der Waals surface area (Å²) in [5.41, 5.74) is 0. The molecule has 0 aliphatic rings. The zero-order chi connectivity index (χ0) is 19.3. The summed E-state index contributed by atoms with van der Waals surface area (Å²) in [6, 6.07) is 0. The molecule has 152 valence electrons. The number of halogens is 5. The van der Waals surface area contributed by atoms with E-state index in [2.05, 4.69) is 69.6 Å². The van der Waals surface area contributed by atoms with E-state index in [1.165, 1.54) is 25.7 Å². The molecule has 2 aromatic heterocycles. The van der Waals surface area contributed by atoms with E-state index >= 15 is 0 Å². The third kappa shape index (κ3) is 17.5. The largest absolute Gasteiger partial charge is 1.00 e. The average Bonchev–Trinajstić information content (AvgIpc) is 3.10. The summed E-state index contributed by atoms with van der Waals surface area (Å²) in [7, 11) is -1.91. The summed E-state index contributed by atoms with van der Waals surface area (Å²) in [6.45, 7) is 6.72. The first-order valence-electron chi connectivity index (χ1n) is 8.55. The van der Waals surface area contributed by atoms with E-state index in [4.69, 9.17) is 0 Å². The van der Waals surface area contributed by atoms with Gasteiger partial charge in [-0.1, -0.05) is 26.7 Å². The Kier molecular flexibility index (Phi) is 15.3. The zero-order valence-corrected chi connectivity index (χ0v) is 17.5. The van der Waals surface area contributed by atoms with Gasteiger partial charge in [-0.2, -0.15) is 0 Å². The highest BCUT2D eigenvalue weighted by molar-refractivity contribution is 6.50. The molecule has 0 bridgehead atoms. The van der Waals surface area contributed by atoms with E-state index in [9.17, 15) is 17.3 Å². The first-order chi connectivity index (χ1) is 11.7. The Hall–Kier alpha value is -1.32. The van der Waals surface area contributed by atoms with E-state index in [1.54, 1.807) is 0 Å². The van der Waals surface area contributed by atoms with Gasteiger partial charge in [-0.3, -0.25) is 0 Å². The Bertz CT molecular complexity index is 522. The molecule has 26 heavy (non-hydrogen) atoms. The van der Waals surface area contributed by atoms with Gasteiger partial charge >= 0.3 is 7.25 Å². The normalized spacial score (nSPS) is 10.2. The summed E-state index contributed by atoms with van der Waals surface area (Å²) in [5.74, 6) is 0. The van der Waals surface area contributed by atoms with Crippen LogP contribution in [0.2, 0.25) is 0 Å². The molecule has 0 aliphatic carbocycles. The van der Waals surface area contributed by atoms with Crippen LogP contribution in [0.15, 0.2) is 37.4 Å². The molecule has 10 heteroatoms. The van der Waals surface area contributed by atoms with Crippen LogP contribution < -0.4 is 26.1 Å². The quantitative estimate of drug-likeness (QED) is 0.351. The summed E-state index contributed by atoms with van der Waals surface area (Å²) in [4.78, 5) is 0. The maximum atomic E-state index is 9.75. The number of rotatable bonds is 6. The number of aryl methyl sites for hydroxylation is 4. The van der Waals surface area contributed by atoms with E-state index in [1.807, 2.05) is 14.1 Å². The predicted octanol–water partition coefficient (Wildman–Crippen LogP) is 0.529. The Balaban J connectivity index is 0. The molecule has 0 saturated heterocycles. The molecular formula is C16H30BBrF4N4. The number of unbranched alkanes of at least 4 members (excludes halogenated alkanes) is 2. The van der Waals surface area contributed by atoms with Crippen molar-refractivity contribution < 1.29 is 43.4 Å². The highest BCUT2D eigenvalue weighted by atomic mass is 79.9. The topological polar surface area (TPSA) is 17.6 Å². The molecule has 0 amide bonds. The van der Waals surface area contributed by atoms with Crippen molar-refractivity contribution in [2.45, 2.75) is 52.6 Å². The van der Waals surface area contributed by atoms with E-state index in [-0.39, 0.29) is 17.0 Å². The molecular weight excluding hydrogens is 415 g/mol. The van der Waals surface area contributed by atoms with Crippen LogP contribution in [0.3, 0.4) is 0 Å². The molecule has 0 fully saturated rings.